The number of aromatic nitrogens is 2. The summed E-state index contributed by atoms with van der Waals surface area (Å²) in [6.07, 6.45) is 0.821. The van der Waals surface area contributed by atoms with Gasteiger partial charge >= 0.3 is 0 Å². The molecule has 0 saturated carbocycles. The molecule has 6 heteroatoms. The van der Waals surface area contributed by atoms with Crippen LogP contribution in [0.15, 0.2) is 22.7 Å². The highest BCUT2D eigenvalue weighted by Crippen LogP contribution is 2.28. The molecule has 0 radical (unpaired) electrons. The van der Waals surface area contributed by atoms with Gasteiger partial charge in [0.05, 0.1) is 0 Å². The number of nitrogens with one attached hydrogen (secondary N) is 1. The molecule has 0 aliphatic heterocycles. The molecule has 2 aromatic rings. The van der Waals surface area contributed by atoms with Crippen LogP contribution >= 0.6 is 27.3 Å². The summed E-state index contributed by atoms with van der Waals surface area (Å²) in [6.45, 7) is 3.86. The Morgan fingerprint density at radius 2 is 2.22 bits per heavy atom. The van der Waals surface area contributed by atoms with Gasteiger partial charge in [-0.25, -0.2) is 4.39 Å². The Morgan fingerprint density at radius 1 is 1.39 bits per heavy atom. The number of hydrogen-bond acceptors (Lipinski definition) is 4. The minimum absolute atomic E-state index is 0.271. The fourth-order valence-electron chi connectivity index (χ4n) is 1.50. The van der Waals surface area contributed by atoms with Crippen molar-refractivity contribution >= 4 is 27.3 Å². The fraction of sp³-hybridized carbons (Fsp3) is 0.333. The second kappa shape index (κ2) is 6.36. The first-order chi connectivity index (χ1) is 8.70. The van der Waals surface area contributed by atoms with Crippen molar-refractivity contribution in [1.29, 1.82) is 0 Å². The van der Waals surface area contributed by atoms with E-state index in [4.69, 9.17) is 0 Å². The monoisotopic (exact) mass is 329 g/mol. The first-order valence-electron chi connectivity index (χ1n) is 5.69. The highest BCUT2D eigenvalue weighted by atomic mass is 79.9. The third-order valence-electron chi connectivity index (χ3n) is 2.39. The maximum Gasteiger partial charge on any atom is 0.150 e. The molecular formula is C12H13BrFN3S. The molecular weight excluding hydrogens is 317 g/mol. The highest BCUT2D eigenvalue weighted by molar-refractivity contribution is 9.10. The number of nitrogens with zero attached hydrogens (tertiary/aromatic N) is 2. The zero-order chi connectivity index (χ0) is 13.0. The predicted molar refractivity (Wildman–Crippen MR) is 75.3 cm³/mol. The first kappa shape index (κ1) is 13.6. The number of halogens is 2. The van der Waals surface area contributed by atoms with E-state index in [0.29, 0.717) is 10.6 Å². The lowest BCUT2D eigenvalue weighted by Crippen LogP contribution is -2.15. The van der Waals surface area contributed by atoms with Crippen LogP contribution in [0.3, 0.4) is 0 Å². The van der Waals surface area contributed by atoms with Crippen LogP contribution in [0.5, 0.6) is 0 Å². The smallest absolute Gasteiger partial charge is 0.150 e. The zero-order valence-electron chi connectivity index (χ0n) is 9.91. The topological polar surface area (TPSA) is 37.8 Å². The normalized spacial score (nSPS) is 10.8. The van der Waals surface area contributed by atoms with Gasteiger partial charge < -0.3 is 5.32 Å². The molecule has 0 atom stereocenters. The van der Waals surface area contributed by atoms with Gasteiger partial charge in [-0.3, -0.25) is 0 Å². The summed E-state index contributed by atoms with van der Waals surface area (Å²) in [4.78, 5) is 0. The predicted octanol–water partition coefficient (Wildman–Crippen LogP) is 3.26. The lowest BCUT2D eigenvalue weighted by molar-refractivity contribution is 0.630. The van der Waals surface area contributed by atoms with Gasteiger partial charge in [-0.1, -0.05) is 34.2 Å². The lowest BCUT2D eigenvalue weighted by atomic mass is 10.2. The summed E-state index contributed by atoms with van der Waals surface area (Å²) in [7, 11) is 0. The van der Waals surface area contributed by atoms with Gasteiger partial charge in [0.25, 0.3) is 0 Å². The Kier molecular flexibility index (Phi) is 4.79. The van der Waals surface area contributed by atoms with Gasteiger partial charge in [0.1, 0.15) is 10.8 Å². The molecule has 1 N–H and O–H groups in total. The molecule has 1 aromatic heterocycles. The van der Waals surface area contributed by atoms with Gasteiger partial charge in [-0.05, 0) is 24.7 Å². The second-order valence-electron chi connectivity index (χ2n) is 3.73. The van der Waals surface area contributed by atoms with Crippen molar-refractivity contribution in [3.05, 3.63) is 33.5 Å². The standard InChI is InChI=1S/C12H13BrFN3S/c1-2-15-6-5-11-16-17-12(18-11)9-7-8(13)3-4-10(9)14/h3-4,7,15H,2,5-6H2,1H3. The van der Waals surface area contributed by atoms with Crippen LogP contribution in [0.2, 0.25) is 0 Å². The van der Waals surface area contributed by atoms with Crippen molar-refractivity contribution < 1.29 is 4.39 Å². The van der Waals surface area contributed by atoms with E-state index in [0.717, 1.165) is 29.0 Å². The molecule has 0 aliphatic rings. The average molecular weight is 330 g/mol. The Balaban J connectivity index is 2.16. The molecule has 96 valence electrons. The summed E-state index contributed by atoms with van der Waals surface area (Å²) >= 11 is 4.77. The Morgan fingerprint density at radius 3 is 3.00 bits per heavy atom. The summed E-state index contributed by atoms with van der Waals surface area (Å²) in [5, 5.41) is 12.9. The number of rotatable bonds is 5. The summed E-state index contributed by atoms with van der Waals surface area (Å²) < 4.78 is 14.5. The highest BCUT2D eigenvalue weighted by Gasteiger charge is 2.11. The van der Waals surface area contributed by atoms with Crippen LogP contribution in [0.1, 0.15) is 11.9 Å². The van der Waals surface area contributed by atoms with Crippen LogP contribution in [-0.4, -0.2) is 23.3 Å². The van der Waals surface area contributed by atoms with E-state index in [1.54, 1.807) is 12.1 Å². The van der Waals surface area contributed by atoms with Gasteiger partial charge in [0, 0.05) is 23.0 Å². The van der Waals surface area contributed by atoms with Crippen LogP contribution in [0.25, 0.3) is 10.6 Å². The maximum atomic E-state index is 13.7. The van der Waals surface area contributed by atoms with E-state index < -0.39 is 0 Å². The molecule has 3 nitrogen and oxygen atoms in total. The van der Waals surface area contributed by atoms with Crippen molar-refractivity contribution in [2.24, 2.45) is 0 Å². The summed E-state index contributed by atoms with van der Waals surface area (Å²) in [5.41, 5.74) is 0.497. The maximum absolute atomic E-state index is 13.7. The van der Waals surface area contributed by atoms with Gasteiger partial charge in [-0.15, -0.1) is 10.2 Å². The SMILES string of the molecule is CCNCCc1nnc(-c2cc(Br)ccc2F)s1. The molecule has 0 amide bonds. The summed E-state index contributed by atoms with van der Waals surface area (Å²) in [5.74, 6) is -0.271. The second-order valence-corrected chi connectivity index (χ2v) is 5.71. The van der Waals surface area contributed by atoms with Crippen LogP contribution < -0.4 is 5.32 Å². The third-order valence-corrected chi connectivity index (χ3v) is 3.90. The molecule has 0 fully saturated rings. The Hall–Kier alpha value is -0.850. The van der Waals surface area contributed by atoms with Crippen LogP contribution in [-0.2, 0) is 6.42 Å². The number of benzene rings is 1. The molecule has 0 unspecified atom stereocenters. The molecule has 2 rings (SSSR count). The molecule has 0 saturated heterocycles. The first-order valence-corrected chi connectivity index (χ1v) is 7.30. The fourth-order valence-corrected chi connectivity index (χ4v) is 2.72. The minimum Gasteiger partial charge on any atom is -0.317 e. The van der Waals surface area contributed by atoms with E-state index >= 15 is 0 Å². The third kappa shape index (κ3) is 3.34. The van der Waals surface area contributed by atoms with E-state index in [2.05, 4.69) is 38.4 Å². The van der Waals surface area contributed by atoms with Crippen LogP contribution in [0, 0.1) is 5.82 Å². The van der Waals surface area contributed by atoms with Gasteiger partial charge in [0.2, 0.25) is 0 Å². The zero-order valence-corrected chi connectivity index (χ0v) is 12.3. The minimum atomic E-state index is -0.271. The van der Waals surface area contributed by atoms with E-state index in [1.165, 1.54) is 17.4 Å². The van der Waals surface area contributed by atoms with E-state index in [-0.39, 0.29) is 5.82 Å². The quantitative estimate of drug-likeness (QED) is 0.855. The molecule has 1 heterocycles. The molecule has 1 aromatic carbocycles. The van der Waals surface area contributed by atoms with E-state index in [9.17, 15) is 4.39 Å². The Labute approximate surface area is 118 Å². The molecule has 18 heavy (non-hydrogen) atoms. The average Bonchev–Trinajstić information content (AvgIpc) is 2.81. The van der Waals surface area contributed by atoms with Crippen molar-refractivity contribution in [1.82, 2.24) is 15.5 Å². The van der Waals surface area contributed by atoms with Crippen LogP contribution in [0.4, 0.5) is 4.39 Å². The molecule has 0 bridgehead atoms. The largest absolute Gasteiger partial charge is 0.317 e. The molecule has 0 spiro atoms. The van der Waals surface area contributed by atoms with Crippen molar-refractivity contribution in [3.8, 4) is 10.6 Å². The van der Waals surface area contributed by atoms with Gasteiger partial charge in [0.15, 0.2) is 5.01 Å². The summed E-state index contributed by atoms with van der Waals surface area (Å²) in [6, 6.07) is 4.83. The van der Waals surface area contributed by atoms with Crippen molar-refractivity contribution in [2.75, 3.05) is 13.1 Å². The molecule has 0 aliphatic carbocycles. The van der Waals surface area contributed by atoms with Gasteiger partial charge in [-0.2, -0.15) is 0 Å². The Bertz CT molecular complexity index is 530. The van der Waals surface area contributed by atoms with Crippen molar-refractivity contribution in [2.45, 2.75) is 13.3 Å². The lowest BCUT2D eigenvalue weighted by Gasteiger charge is -1.98. The number of likely N-dealkylation sites (N-methyl/N-ethyl adjacent to an activating group) is 1. The number of hydrogen-bond donors (Lipinski definition) is 1. The van der Waals surface area contributed by atoms with Crippen molar-refractivity contribution in [3.63, 3.8) is 0 Å². The van der Waals surface area contributed by atoms with E-state index in [1.807, 2.05) is 0 Å².